The Morgan fingerprint density at radius 1 is 1.39 bits per heavy atom. The van der Waals surface area contributed by atoms with Crippen LogP contribution in [0.1, 0.15) is 13.8 Å². The third-order valence-corrected chi connectivity index (χ3v) is 4.02. The average Bonchev–Trinajstić information content (AvgIpc) is 2.80. The van der Waals surface area contributed by atoms with Crippen LogP contribution in [0.5, 0.6) is 0 Å². The van der Waals surface area contributed by atoms with E-state index in [0.717, 1.165) is 23.3 Å². The molecular weight excluding hydrogens is 268 g/mol. The standard InChI is InChI=1S/C12H17ClN4S/c1-7(2)8(5-14)6-15-11-9(13)3-4-10-12(11)17-18-16-10/h3-4,7-8,15H,5-6,14H2,1-2H3. The van der Waals surface area contributed by atoms with Crippen molar-refractivity contribution in [3.63, 3.8) is 0 Å². The fraction of sp³-hybridized carbons (Fsp3) is 0.500. The number of aromatic nitrogens is 2. The van der Waals surface area contributed by atoms with Gasteiger partial charge in [0.2, 0.25) is 0 Å². The Morgan fingerprint density at radius 3 is 2.83 bits per heavy atom. The van der Waals surface area contributed by atoms with Crippen LogP contribution >= 0.6 is 23.3 Å². The van der Waals surface area contributed by atoms with Crippen molar-refractivity contribution in [3.05, 3.63) is 17.2 Å². The lowest BCUT2D eigenvalue weighted by atomic mass is 9.96. The summed E-state index contributed by atoms with van der Waals surface area (Å²) in [4.78, 5) is 0. The van der Waals surface area contributed by atoms with Crippen LogP contribution in [0, 0.1) is 11.8 Å². The van der Waals surface area contributed by atoms with Gasteiger partial charge in [0, 0.05) is 6.54 Å². The van der Waals surface area contributed by atoms with Gasteiger partial charge in [-0.3, -0.25) is 0 Å². The van der Waals surface area contributed by atoms with Gasteiger partial charge < -0.3 is 11.1 Å². The number of nitrogens with zero attached hydrogens (tertiary/aromatic N) is 2. The topological polar surface area (TPSA) is 63.8 Å². The van der Waals surface area contributed by atoms with Gasteiger partial charge in [0.1, 0.15) is 11.0 Å². The molecule has 98 valence electrons. The van der Waals surface area contributed by atoms with Gasteiger partial charge in [-0.2, -0.15) is 8.75 Å². The highest BCUT2D eigenvalue weighted by Gasteiger charge is 2.14. The molecule has 1 aromatic carbocycles. The Labute approximate surface area is 116 Å². The van der Waals surface area contributed by atoms with Crippen molar-refractivity contribution in [2.45, 2.75) is 13.8 Å². The SMILES string of the molecule is CC(C)C(CN)CNc1c(Cl)ccc2nsnc12. The van der Waals surface area contributed by atoms with Crippen molar-refractivity contribution in [2.75, 3.05) is 18.4 Å². The second kappa shape index (κ2) is 5.82. The first-order valence-electron chi connectivity index (χ1n) is 5.98. The molecule has 0 aliphatic heterocycles. The minimum absolute atomic E-state index is 0.419. The quantitative estimate of drug-likeness (QED) is 0.886. The number of anilines is 1. The highest BCUT2D eigenvalue weighted by molar-refractivity contribution is 7.00. The van der Waals surface area contributed by atoms with E-state index in [1.165, 1.54) is 11.7 Å². The molecule has 6 heteroatoms. The van der Waals surface area contributed by atoms with Crippen LogP contribution in [0.25, 0.3) is 11.0 Å². The highest BCUT2D eigenvalue weighted by atomic mass is 35.5. The number of fused-ring (bicyclic) bond motifs is 1. The van der Waals surface area contributed by atoms with Gasteiger partial charge in [0.15, 0.2) is 0 Å². The van der Waals surface area contributed by atoms with Crippen molar-refractivity contribution >= 4 is 40.0 Å². The minimum Gasteiger partial charge on any atom is -0.382 e. The van der Waals surface area contributed by atoms with Crippen molar-refractivity contribution in [1.82, 2.24) is 8.75 Å². The van der Waals surface area contributed by atoms with Gasteiger partial charge in [-0.15, -0.1) is 0 Å². The fourth-order valence-corrected chi connectivity index (χ4v) is 2.58. The average molecular weight is 285 g/mol. The summed E-state index contributed by atoms with van der Waals surface area (Å²) in [7, 11) is 0. The third-order valence-electron chi connectivity index (χ3n) is 3.16. The number of nitrogens with one attached hydrogen (secondary N) is 1. The monoisotopic (exact) mass is 284 g/mol. The van der Waals surface area contributed by atoms with Crippen LogP contribution in [0.2, 0.25) is 5.02 Å². The Balaban J connectivity index is 2.20. The second-order valence-electron chi connectivity index (χ2n) is 4.68. The lowest BCUT2D eigenvalue weighted by Gasteiger charge is -2.20. The summed E-state index contributed by atoms with van der Waals surface area (Å²) in [5.74, 6) is 0.956. The first-order valence-corrected chi connectivity index (χ1v) is 7.09. The van der Waals surface area contributed by atoms with Crippen molar-refractivity contribution in [3.8, 4) is 0 Å². The lowest BCUT2D eigenvalue weighted by Crippen LogP contribution is -2.27. The molecule has 1 unspecified atom stereocenters. The number of nitrogens with two attached hydrogens (primary N) is 1. The first-order chi connectivity index (χ1) is 8.63. The summed E-state index contributed by atoms with van der Waals surface area (Å²) in [6.07, 6.45) is 0. The highest BCUT2D eigenvalue weighted by Crippen LogP contribution is 2.30. The van der Waals surface area contributed by atoms with E-state index in [1.807, 2.05) is 12.1 Å². The van der Waals surface area contributed by atoms with E-state index < -0.39 is 0 Å². The van der Waals surface area contributed by atoms with Gasteiger partial charge in [-0.1, -0.05) is 25.4 Å². The van der Waals surface area contributed by atoms with E-state index in [2.05, 4.69) is 27.9 Å². The van der Waals surface area contributed by atoms with Crippen LogP contribution in [0.3, 0.4) is 0 Å². The summed E-state index contributed by atoms with van der Waals surface area (Å²) in [6, 6.07) is 3.73. The number of hydrogen-bond acceptors (Lipinski definition) is 5. The van der Waals surface area contributed by atoms with Crippen LogP contribution in [0.4, 0.5) is 5.69 Å². The molecule has 0 radical (unpaired) electrons. The predicted octanol–water partition coefficient (Wildman–Crippen LogP) is 2.99. The molecule has 18 heavy (non-hydrogen) atoms. The molecule has 2 aromatic rings. The molecule has 0 aliphatic rings. The van der Waals surface area contributed by atoms with E-state index in [0.29, 0.717) is 23.4 Å². The van der Waals surface area contributed by atoms with Crippen molar-refractivity contribution < 1.29 is 0 Å². The zero-order chi connectivity index (χ0) is 13.1. The summed E-state index contributed by atoms with van der Waals surface area (Å²) in [6.45, 7) is 5.80. The van der Waals surface area contributed by atoms with E-state index in [1.54, 1.807) is 0 Å². The summed E-state index contributed by atoms with van der Waals surface area (Å²) in [5, 5.41) is 4.04. The maximum Gasteiger partial charge on any atom is 0.129 e. The summed E-state index contributed by atoms with van der Waals surface area (Å²) < 4.78 is 8.49. The molecule has 3 N–H and O–H groups in total. The van der Waals surface area contributed by atoms with E-state index >= 15 is 0 Å². The minimum atomic E-state index is 0.419. The van der Waals surface area contributed by atoms with Gasteiger partial charge in [-0.05, 0) is 30.5 Å². The van der Waals surface area contributed by atoms with Gasteiger partial charge >= 0.3 is 0 Å². The van der Waals surface area contributed by atoms with E-state index in [9.17, 15) is 0 Å². The maximum atomic E-state index is 6.21. The van der Waals surface area contributed by atoms with Gasteiger partial charge in [-0.25, -0.2) is 0 Å². The van der Waals surface area contributed by atoms with E-state index in [-0.39, 0.29) is 0 Å². The van der Waals surface area contributed by atoms with Crippen molar-refractivity contribution in [1.29, 1.82) is 0 Å². The van der Waals surface area contributed by atoms with Crippen LogP contribution < -0.4 is 11.1 Å². The second-order valence-corrected chi connectivity index (χ2v) is 5.61. The Morgan fingerprint density at radius 2 is 2.17 bits per heavy atom. The molecule has 4 nitrogen and oxygen atoms in total. The number of halogens is 1. The molecular formula is C12H17ClN4S. The van der Waals surface area contributed by atoms with Crippen LogP contribution in [-0.4, -0.2) is 21.8 Å². The summed E-state index contributed by atoms with van der Waals surface area (Å²) in [5.41, 5.74) is 8.35. The number of benzene rings is 1. The molecule has 1 aromatic heterocycles. The maximum absolute atomic E-state index is 6.21. The smallest absolute Gasteiger partial charge is 0.129 e. The largest absolute Gasteiger partial charge is 0.382 e. The third kappa shape index (κ3) is 2.74. The number of hydrogen-bond donors (Lipinski definition) is 2. The lowest BCUT2D eigenvalue weighted by molar-refractivity contribution is 0.413. The molecule has 1 atom stereocenters. The molecule has 0 aliphatic carbocycles. The molecule has 0 saturated heterocycles. The zero-order valence-electron chi connectivity index (χ0n) is 10.5. The van der Waals surface area contributed by atoms with Gasteiger partial charge in [0.05, 0.1) is 22.4 Å². The predicted molar refractivity (Wildman–Crippen MR) is 78.3 cm³/mol. The summed E-state index contributed by atoms with van der Waals surface area (Å²) >= 11 is 7.41. The van der Waals surface area contributed by atoms with Crippen LogP contribution in [-0.2, 0) is 0 Å². The van der Waals surface area contributed by atoms with Gasteiger partial charge in [0.25, 0.3) is 0 Å². The number of rotatable bonds is 5. The normalized spacial score (nSPS) is 13.2. The van der Waals surface area contributed by atoms with Crippen molar-refractivity contribution in [2.24, 2.45) is 17.6 Å². The Hall–Kier alpha value is -0.910. The molecule has 0 amide bonds. The van der Waals surface area contributed by atoms with Crippen LogP contribution in [0.15, 0.2) is 12.1 Å². The molecule has 0 fully saturated rings. The Bertz CT molecular complexity index is 526. The molecule has 2 rings (SSSR count). The molecule has 0 bridgehead atoms. The fourth-order valence-electron chi connectivity index (χ4n) is 1.82. The molecule has 1 heterocycles. The first kappa shape index (κ1) is 13.5. The Kier molecular flexibility index (Phi) is 4.37. The zero-order valence-corrected chi connectivity index (χ0v) is 12.1. The van der Waals surface area contributed by atoms with E-state index in [4.69, 9.17) is 17.3 Å². The molecule has 0 spiro atoms. The molecule has 0 saturated carbocycles.